The standard InChI is InChI=1S/C20H17ClFNO2/c1-13-9-16(23)11-19(21)20(13)25-18-4-2-3-14(10-18)12-24-17-7-5-15(22)6-8-17/h2-11H,12,23H2,1H3. The van der Waals surface area contributed by atoms with E-state index in [0.29, 0.717) is 34.6 Å². The maximum absolute atomic E-state index is 12.9. The van der Waals surface area contributed by atoms with Crippen LogP contribution in [0, 0.1) is 12.7 Å². The predicted molar refractivity (Wildman–Crippen MR) is 97.8 cm³/mol. The Morgan fingerprint density at radius 1 is 1.00 bits per heavy atom. The first-order valence-corrected chi connectivity index (χ1v) is 8.10. The number of hydrogen-bond donors (Lipinski definition) is 1. The normalized spacial score (nSPS) is 10.5. The van der Waals surface area contributed by atoms with E-state index < -0.39 is 0 Å². The molecule has 25 heavy (non-hydrogen) atoms. The van der Waals surface area contributed by atoms with Crippen LogP contribution in [-0.4, -0.2) is 0 Å². The smallest absolute Gasteiger partial charge is 0.149 e. The highest BCUT2D eigenvalue weighted by molar-refractivity contribution is 6.32. The minimum absolute atomic E-state index is 0.293. The molecule has 0 aliphatic rings. The van der Waals surface area contributed by atoms with Crippen LogP contribution in [0.2, 0.25) is 5.02 Å². The number of aryl methyl sites for hydroxylation is 1. The zero-order chi connectivity index (χ0) is 17.8. The fourth-order valence-corrected chi connectivity index (χ4v) is 2.71. The Morgan fingerprint density at radius 3 is 2.48 bits per heavy atom. The molecule has 0 saturated heterocycles. The van der Waals surface area contributed by atoms with Gasteiger partial charge >= 0.3 is 0 Å². The van der Waals surface area contributed by atoms with Crippen LogP contribution in [0.1, 0.15) is 11.1 Å². The van der Waals surface area contributed by atoms with Crippen molar-refractivity contribution < 1.29 is 13.9 Å². The summed E-state index contributed by atoms with van der Waals surface area (Å²) in [5.74, 6) is 1.53. The maximum atomic E-state index is 12.9. The molecule has 128 valence electrons. The fourth-order valence-electron chi connectivity index (χ4n) is 2.40. The third kappa shape index (κ3) is 4.43. The number of hydrogen-bond acceptors (Lipinski definition) is 3. The van der Waals surface area contributed by atoms with Crippen LogP contribution in [0.5, 0.6) is 17.2 Å². The van der Waals surface area contributed by atoms with E-state index in [2.05, 4.69) is 0 Å². The summed E-state index contributed by atoms with van der Waals surface area (Å²) in [7, 11) is 0. The number of benzene rings is 3. The summed E-state index contributed by atoms with van der Waals surface area (Å²) in [5.41, 5.74) is 8.15. The van der Waals surface area contributed by atoms with E-state index in [1.807, 2.05) is 37.3 Å². The quantitative estimate of drug-likeness (QED) is 0.592. The average Bonchev–Trinajstić information content (AvgIpc) is 2.58. The van der Waals surface area contributed by atoms with Crippen LogP contribution in [-0.2, 0) is 6.61 Å². The highest BCUT2D eigenvalue weighted by Crippen LogP contribution is 2.34. The number of nitrogen functional groups attached to an aromatic ring is 1. The summed E-state index contributed by atoms with van der Waals surface area (Å²) in [6.45, 7) is 2.23. The van der Waals surface area contributed by atoms with Gasteiger partial charge in [0.15, 0.2) is 0 Å². The van der Waals surface area contributed by atoms with E-state index in [1.165, 1.54) is 12.1 Å². The van der Waals surface area contributed by atoms with Crippen molar-refractivity contribution in [3.05, 3.63) is 82.6 Å². The zero-order valence-electron chi connectivity index (χ0n) is 13.6. The third-order valence-electron chi connectivity index (χ3n) is 3.59. The van der Waals surface area contributed by atoms with Gasteiger partial charge < -0.3 is 15.2 Å². The zero-order valence-corrected chi connectivity index (χ0v) is 14.4. The molecular formula is C20H17ClFNO2. The van der Waals surface area contributed by atoms with Crippen molar-refractivity contribution in [3.8, 4) is 17.2 Å². The number of anilines is 1. The Kier molecular flexibility index (Phi) is 5.10. The summed E-state index contributed by atoms with van der Waals surface area (Å²) in [6.07, 6.45) is 0. The maximum Gasteiger partial charge on any atom is 0.149 e. The second kappa shape index (κ2) is 7.45. The molecule has 3 rings (SSSR count). The molecule has 0 saturated carbocycles. The minimum Gasteiger partial charge on any atom is -0.489 e. The van der Waals surface area contributed by atoms with Gasteiger partial charge in [0.1, 0.15) is 29.7 Å². The monoisotopic (exact) mass is 357 g/mol. The van der Waals surface area contributed by atoms with E-state index in [9.17, 15) is 4.39 Å². The molecule has 3 nitrogen and oxygen atoms in total. The van der Waals surface area contributed by atoms with Crippen LogP contribution in [0.25, 0.3) is 0 Å². The Balaban J connectivity index is 1.72. The molecular weight excluding hydrogens is 341 g/mol. The lowest BCUT2D eigenvalue weighted by Crippen LogP contribution is -1.97. The van der Waals surface area contributed by atoms with Crippen molar-refractivity contribution in [1.29, 1.82) is 0 Å². The van der Waals surface area contributed by atoms with Crippen molar-refractivity contribution >= 4 is 17.3 Å². The molecule has 0 heterocycles. The summed E-state index contributed by atoms with van der Waals surface area (Å²) < 4.78 is 24.5. The highest BCUT2D eigenvalue weighted by atomic mass is 35.5. The molecule has 3 aromatic carbocycles. The molecule has 0 atom stereocenters. The topological polar surface area (TPSA) is 44.5 Å². The van der Waals surface area contributed by atoms with Gasteiger partial charge in [-0.1, -0.05) is 23.7 Å². The number of nitrogens with two attached hydrogens (primary N) is 1. The first kappa shape index (κ1) is 17.1. The Labute approximate surface area is 150 Å². The largest absolute Gasteiger partial charge is 0.489 e. The molecule has 0 aromatic heterocycles. The van der Waals surface area contributed by atoms with Crippen LogP contribution in [0.4, 0.5) is 10.1 Å². The van der Waals surface area contributed by atoms with Gasteiger partial charge in [-0.05, 0) is 66.6 Å². The number of ether oxygens (including phenoxy) is 2. The second-order valence-corrected chi connectivity index (χ2v) is 6.05. The molecule has 0 radical (unpaired) electrons. The first-order valence-electron chi connectivity index (χ1n) is 7.72. The van der Waals surface area contributed by atoms with Gasteiger partial charge in [0, 0.05) is 5.69 Å². The van der Waals surface area contributed by atoms with Crippen LogP contribution >= 0.6 is 11.6 Å². The summed E-state index contributed by atoms with van der Waals surface area (Å²) in [6, 6.07) is 16.9. The summed E-state index contributed by atoms with van der Waals surface area (Å²) >= 11 is 6.22. The fraction of sp³-hybridized carbons (Fsp3) is 0.100. The van der Waals surface area contributed by atoms with Crippen molar-refractivity contribution in [2.24, 2.45) is 0 Å². The molecule has 0 fully saturated rings. The molecule has 0 aliphatic heterocycles. The van der Waals surface area contributed by atoms with Gasteiger partial charge in [0.25, 0.3) is 0 Å². The Bertz CT molecular complexity index is 858. The van der Waals surface area contributed by atoms with E-state index in [0.717, 1.165) is 11.1 Å². The predicted octanol–water partition coefficient (Wildman–Crippen LogP) is 5.74. The van der Waals surface area contributed by atoms with Crippen LogP contribution in [0.3, 0.4) is 0 Å². The van der Waals surface area contributed by atoms with Crippen LogP contribution in [0.15, 0.2) is 60.7 Å². The number of halogens is 2. The SMILES string of the molecule is Cc1cc(N)cc(Cl)c1Oc1cccc(COc2ccc(F)cc2)c1. The molecule has 0 bridgehead atoms. The highest BCUT2D eigenvalue weighted by Gasteiger charge is 2.09. The van der Waals surface area contributed by atoms with Crippen molar-refractivity contribution in [2.75, 3.05) is 5.73 Å². The van der Waals surface area contributed by atoms with Crippen molar-refractivity contribution in [2.45, 2.75) is 13.5 Å². The van der Waals surface area contributed by atoms with E-state index in [1.54, 1.807) is 18.2 Å². The molecule has 3 aromatic rings. The van der Waals surface area contributed by atoms with Crippen molar-refractivity contribution in [1.82, 2.24) is 0 Å². The lowest BCUT2D eigenvalue weighted by Gasteiger charge is -2.13. The van der Waals surface area contributed by atoms with Gasteiger partial charge in [0.05, 0.1) is 5.02 Å². The molecule has 0 amide bonds. The molecule has 0 spiro atoms. The summed E-state index contributed by atoms with van der Waals surface area (Å²) in [4.78, 5) is 0. The van der Waals surface area contributed by atoms with Gasteiger partial charge in [-0.15, -0.1) is 0 Å². The van der Waals surface area contributed by atoms with Gasteiger partial charge in [-0.2, -0.15) is 0 Å². The number of rotatable bonds is 5. The van der Waals surface area contributed by atoms with E-state index in [4.69, 9.17) is 26.8 Å². The van der Waals surface area contributed by atoms with Crippen molar-refractivity contribution in [3.63, 3.8) is 0 Å². The minimum atomic E-state index is -0.293. The van der Waals surface area contributed by atoms with Gasteiger partial charge in [-0.3, -0.25) is 0 Å². The Hall–Kier alpha value is -2.72. The van der Waals surface area contributed by atoms with Crippen LogP contribution < -0.4 is 15.2 Å². The first-order chi connectivity index (χ1) is 12.0. The molecule has 0 unspecified atom stereocenters. The lowest BCUT2D eigenvalue weighted by atomic mass is 10.2. The summed E-state index contributed by atoms with van der Waals surface area (Å²) in [5, 5.41) is 0.463. The second-order valence-electron chi connectivity index (χ2n) is 5.64. The molecule has 2 N–H and O–H groups in total. The lowest BCUT2D eigenvalue weighted by molar-refractivity contribution is 0.305. The third-order valence-corrected chi connectivity index (χ3v) is 3.87. The molecule has 0 aliphatic carbocycles. The van der Waals surface area contributed by atoms with Gasteiger partial charge in [0.2, 0.25) is 0 Å². The average molecular weight is 358 g/mol. The molecule has 5 heteroatoms. The van der Waals surface area contributed by atoms with E-state index >= 15 is 0 Å². The van der Waals surface area contributed by atoms with E-state index in [-0.39, 0.29) is 5.82 Å². The van der Waals surface area contributed by atoms with Gasteiger partial charge in [-0.25, -0.2) is 4.39 Å². The Morgan fingerprint density at radius 2 is 1.76 bits per heavy atom.